The van der Waals surface area contributed by atoms with Crippen molar-refractivity contribution in [2.24, 2.45) is 16.7 Å². The first-order valence-corrected chi connectivity index (χ1v) is 8.15. The maximum absolute atomic E-state index is 12.7. The van der Waals surface area contributed by atoms with E-state index in [4.69, 9.17) is 0 Å². The van der Waals surface area contributed by atoms with E-state index in [0.717, 1.165) is 0 Å². The van der Waals surface area contributed by atoms with E-state index in [9.17, 15) is 28.8 Å². The smallest absolute Gasteiger partial charge is 0.213 e. The first kappa shape index (κ1) is 22.0. The van der Waals surface area contributed by atoms with E-state index in [1.807, 2.05) is 0 Å². The van der Waals surface area contributed by atoms with Crippen molar-refractivity contribution in [2.75, 3.05) is 0 Å². The zero-order chi connectivity index (χ0) is 19.3. The molecular formula is C18H26O6. The van der Waals surface area contributed by atoms with Gasteiger partial charge in [0.25, 0.3) is 0 Å². The van der Waals surface area contributed by atoms with Crippen molar-refractivity contribution in [3.63, 3.8) is 0 Å². The Bertz CT molecular complexity index is 576. The van der Waals surface area contributed by atoms with Crippen molar-refractivity contribution in [3.05, 3.63) is 0 Å². The van der Waals surface area contributed by atoms with Crippen molar-refractivity contribution in [2.45, 2.75) is 60.8 Å². The Balaban J connectivity index is 5.90. The zero-order valence-electron chi connectivity index (χ0n) is 15.2. The molecule has 0 aliphatic rings. The molecule has 0 heterocycles. The summed E-state index contributed by atoms with van der Waals surface area (Å²) in [5, 5.41) is 0. The van der Waals surface area contributed by atoms with E-state index in [0.29, 0.717) is 6.42 Å². The maximum Gasteiger partial charge on any atom is 0.213 e. The summed E-state index contributed by atoms with van der Waals surface area (Å²) in [5.74, 6) is -5.39. The van der Waals surface area contributed by atoms with E-state index < -0.39 is 45.7 Å². The summed E-state index contributed by atoms with van der Waals surface area (Å²) in [5.41, 5.74) is -3.63. The summed E-state index contributed by atoms with van der Waals surface area (Å²) >= 11 is 0. The third-order valence-electron chi connectivity index (χ3n) is 5.06. The van der Waals surface area contributed by atoms with Gasteiger partial charge in [-0.1, -0.05) is 27.7 Å². The Morgan fingerprint density at radius 1 is 0.833 bits per heavy atom. The average molecular weight is 338 g/mol. The van der Waals surface area contributed by atoms with Crippen LogP contribution in [0.5, 0.6) is 0 Å². The SMILES string of the molecule is CCC(C)C(=O)C(=O)C(C)(CC)C(=O)C(=O)C(C)(CC)C(=O)C=O. The second-order valence-corrected chi connectivity index (χ2v) is 6.51. The summed E-state index contributed by atoms with van der Waals surface area (Å²) in [4.78, 5) is 72.5. The summed E-state index contributed by atoms with van der Waals surface area (Å²) in [6.07, 6.45) is 0.336. The highest BCUT2D eigenvalue weighted by atomic mass is 16.2. The minimum Gasteiger partial charge on any atom is -0.295 e. The molecule has 0 amide bonds. The molecule has 0 spiro atoms. The van der Waals surface area contributed by atoms with Gasteiger partial charge in [-0.3, -0.25) is 28.8 Å². The summed E-state index contributed by atoms with van der Waals surface area (Å²) in [7, 11) is 0. The molecule has 0 aromatic rings. The lowest BCUT2D eigenvalue weighted by Crippen LogP contribution is -2.51. The van der Waals surface area contributed by atoms with E-state index in [-0.39, 0.29) is 19.1 Å². The van der Waals surface area contributed by atoms with Gasteiger partial charge >= 0.3 is 0 Å². The molecule has 0 N–H and O–H groups in total. The highest BCUT2D eigenvalue weighted by Gasteiger charge is 2.52. The zero-order valence-corrected chi connectivity index (χ0v) is 15.2. The molecule has 0 fully saturated rings. The van der Waals surface area contributed by atoms with Gasteiger partial charge in [0.05, 0.1) is 10.8 Å². The number of aldehydes is 1. The molecule has 134 valence electrons. The standard InChI is InChI=1S/C18H26O6/c1-7-11(4)13(21)14(22)18(6,9-3)16(24)15(23)17(5,8-2)12(20)10-19/h10-11H,7-9H2,1-6H3. The Morgan fingerprint density at radius 3 is 1.58 bits per heavy atom. The molecule has 3 unspecified atom stereocenters. The number of ketones is 5. The second kappa shape index (κ2) is 8.22. The number of rotatable bonds is 11. The van der Waals surface area contributed by atoms with Crippen molar-refractivity contribution in [3.8, 4) is 0 Å². The van der Waals surface area contributed by atoms with E-state index in [1.165, 1.54) is 27.7 Å². The molecule has 24 heavy (non-hydrogen) atoms. The molecule has 0 rings (SSSR count). The van der Waals surface area contributed by atoms with Gasteiger partial charge in [0.15, 0.2) is 6.29 Å². The van der Waals surface area contributed by atoms with Gasteiger partial charge in [-0.25, -0.2) is 0 Å². The first-order chi connectivity index (χ1) is 11.0. The second-order valence-electron chi connectivity index (χ2n) is 6.51. The van der Waals surface area contributed by atoms with Crippen LogP contribution in [0.1, 0.15) is 60.8 Å². The Morgan fingerprint density at radius 2 is 1.25 bits per heavy atom. The largest absolute Gasteiger partial charge is 0.295 e. The lowest BCUT2D eigenvalue weighted by Gasteiger charge is -2.29. The van der Waals surface area contributed by atoms with Gasteiger partial charge in [0.2, 0.25) is 28.9 Å². The highest BCUT2D eigenvalue weighted by molar-refractivity contribution is 6.56. The van der Waals surface area contributed by atoms with Crippen molar-refractivity contribution >= 4 is 35.2 Å². The molecule has 0 radical (unpaired) electrons. The quantitative estimate of drug-likeness (QED) is 0.324. The Kier molecular flexibility index (Phi) is 7.54. The topological polar surface area (TPSA) is 102 Å². The van der Waals surface area contributed by atoms with Gasteiger partial charge in [-0.05, 0) is 33.1 Å². The normalized spacial score (nSPS) is 17.1. The van der Waals surface area contributed by atoms with Crippen molar-refractivity contribution < 1.29 is 28.8 Å². The van der Waals surface area contributed by atoms with Crippen LogP contribution in [0.25, 0.3) is 0 Å². The fraction of sp³-hybridized carbons (Fsp3) is 0.667. The van der Waals surface area contributed by atoms with Crippen LogP contribution in [-0.2, 0) is 28.8 Å². The summed E-state index contributed by atoms with van der Waals surface area (Å²) < 4.78 is 0. The van der Waals surface area contributed by atoms with E-state index >= 15 is 0 Å². The monoisotopic (exact) mass is 338 g/mol. The Hall–Kier alpha value is -1.98. The highest BCUT2D eigenvalue weighted by Crippen LogP contribution is 2.32. The minimum atomic E-state index is -1.82. The van der Waals surface area contributed by atoms with Crippen LogP contribution in [0.2, 0.25) is 0 Å². The molecule has 0 aliphatic heterocycles. The molecule has 6 heteroatoms. The maximum atomic E-state index is 12.7. The van der Waals surface area contributed by atoms with Crippen LogP contribution in [0, 0.1) is 16.7 Å². The van der Waals surface area contributed by atoms with E-state index in [2.05, 4.69) is 0 Å². The fourth-order valence-electron chi connectivity index (χ4n) is 2.18. The van der Waals surface area contributed by atoms with Gasteiger partial charge < -0.3 is 0 Å². The molecule has 0 saturated carbocycles. The summed E-state index contributed by atoms with van der Waals surface area (Å²) in [6.45, 7) is 8.80. The molecule has 3 atom stereocenters. The lowest BCUT2D eigenvalue weighted by molar-refractivity contribution is -0.157. The average Bonchev–Trinajstić information content (AvgIpc) is 2.62. The molecule has 6 nitrogen and oxygen atoms in total. The Labute approximate surface area is 142 Å². The van der Waals surface area contributed by atoms with Crippen LogP contribution in [-0.4, -0.2) is 35.2 Å². The number of Topliss-reactive ketones (excluding diaryl/α,β-unsaturated/α-hetero) is 5. The third kappa shape index (κ3) is 3.74. The fourth-order valence-corrected chi connectivity index (χ4v) is 2.18. The number of carbonyl (C=O) groups excluding carboxylic acids is 6. The first-order valence-electron chi connectivity index (χ1n) is 8.15. The predicted octanol–water partition coefficient (Wildman–Crippen LogP) is 1.91. The van der Waals surface area contributed by atoms with Crippen LogP contribution >= 0.6 is 0 Å². The summed E-state index contributed by atoms with van der Waals surface area (Å²) in [6, 6.07) is 0. The molecule has 0 aromatic carbocycles. The molecule has 0 aromatic heterocycles. The minimum absolute atomic E-state index is 0.00406. The number of hydrogen-bond donors (Lipinski definition) is 0. The lowest BCUT2D eigenvalue weighted by atomic mass is 9.68. The van der Waals surface area contributed by atoms with Crippen molar-refractivity contribution in [1.82, 2.24) is 0 Å². The van der Waals surface area contributed by atoms with Crippen LogP contribution in [0.15, 0.2) is 0 Å². The van der Waals surface area contributed by atoms with Gasteiger partial charge in [-0.2, -0.15) is 0 Å². The molecule has 0 aliphatic carbocycles. The van der Waals surface area contributed by atoms with Gasteiger partial charge in [0.1, 0.15) is 0 Å². The van der Waals surface area contributed by atoms with Gasteiger partial charge in [0, 0.05) is 5.92 Å². The number of carbonyl (C=O) groups is 6. The molecular weight excluding hydrogens is 312 g/mol. The van der Waals surface area contributed by atoms with Crippen LogP contribution < -0.4 is 0 Å². The van der Waals surface area contributed by atoms with Crippen LogP contribution in [0.3, 0.4) is 0 Å². The van der Waals surface area contributed by atoms with Crippen LogP contribution in [0.4, 0.5) is 0 Å². The molecule has 0 bridgehead atoms. The van der Waals surface area contributed by atoms with Gasteiger partial charge in [-0.15, -0.1) is 0 Å². The van der Waals surface area contributed by atoms with E-state index in [1.54, 1.807) is 13.8 Å². The molecule has 0 saturated heterocycles. The number of hydrogen-bond acceptors (Lipinski definition) is 6. The third-order valence-corrected chi connectivity index (χ3v) is 5.06. The van der Waals surface area contributed by atoms with Crippen molar-refractivity contribution in [1.29, 1.82) is 0 Å². The predicted molar refractivity (Wildman–Crippen MR) is 87.4 cm³/mol.